The lowest BCUT2D eigenvalue weighted by molar-refractivity contribution is -0.138. The van der Waals surface area contributed by atoms with Crippen LogP contribution in [-0.4, -0.2) is 66.4 Å². The van der Waals surface area contributed by atoms with E-state index in [1.165, 1.54) is 4.90 Å². The summed E-state index contributed by atoms with van der Waals surface area (Å²) in [4.78, 5) is 37.8. The van der Waals surface area contributed by atoms with Crippen LogP contribution in [0, 0.1) is 0 Å². The Labute approximate surface area is 148 Å². The lowest BCUT2D eigenvalue weighted by Gasteiger charge is -2.19. The van der Waals surface area contributed by atoms with E-state index in [4.69, 9.17) is 5.11 Å². The zero-order chi connectivity index (χ0) is 17.4. The molecule has 1 aromatic carbocycles. The van der Waals surface area contributed by atoms with Gasteiger partial charge in [0.1, 0.15) is 0 Å². The number of hydrogen-bond acceptors (Lipinski definition) is 4. The smallest absolute Gasteiger partial charge is 0.317 e. The number of carboxylic acids is 1. The fourth-order valence-corrected chi connectivity index (χ4v) is 2.11. The summed E-state index contributed by atoms with van der Waals surface area (Å²) in [7, 11) is 3.31. The molecule has 0 aliphatic heterocycles. The van der Waals surface area contributed by atoms with E-state index in [1.807, 2.05) is 6.92 Å². The molecule has 0 saturated heterocycles. The molecule has 0 aromatic heterocycles. The first-order valence-corrected chi connectivity index (χ1v) is 7.39. The first-order valence-electron chi connectivity index (χ1n) is 7.39. The second-order valence-electron chi connectivity index (χ2n) is 5.43. The highest BCUT2D eigenvalue weighted by atomic mass is 35.5. The topological polar surface area (TPSA) is 90.0 Å². The monoisotopic (exact) mass is 357 g/mol. The van der Waals surface area contributed by atoms with Crippen molar-refractivity contribution in [2.75, 3.05) is 39.0 Å². The SMILES string of the molecule is CCCN(CC(=O)O)CC(=O)Nc1cccc(C(=O)N(C)C)c1.Cl. The maximum Gasteiger partial charge on any atom is 0.317 e. The number of carbonyl (C=O) groups is 3. The molecule has 2 amide bonds. The third-order valence-corrected chi connectivity index (χ3v) is 3.07. The number of carboxylic acid groups (broad SMARTS) is 1. The van der Waals surface area contributed by atoms with Crippen molar-refractivity contribution in [2.45, 2.75) is 13.3 Å². The minimum atomic E-state index is -0.968. The van der Waals surface area contributed by atoms with E-state index < -0.39 is 5.97 Å². The largest absolute Gasteiger partial charge is 0.480 e. The number of rotatable bonds is 8. The standard InChI is InChI=1S/C16H23N3O4.ClH/c1-4-8-19(11-15(21)22)10-14(20)17-13-7-5-6-12(9-13)16(23)18(2)3;/h5-7,9H,4,8,10-11H2,1-3H3,(H,17,20)(H,21,22);1H. The van der Waals surface area contributed by atoms with Gasteiger partial charge < -0.3 is 15.3 Å². The number of nitrogens with zero attached hydrogens (tertiary/aromatic N) is 2. The van der Waals surface area contributed by atoms with Crippen molar-refractivity contribution >= 4 is 35.9 Å². The lowest BCUT2D eigenvalue weighted by atomic mass is 10.2. The maximum absolute atomic E-state index is 12.1. The number of carbonyl (C=O) groups excluding carboxylic acids is 2. The molecule has 0 fully saturated rings. The van der Waals surface area contributed by atoms with Crippen molar-refractivity contribution in [2.24, 2.45) is 0 Å². The van der Waals surface area contributed by atoms with Crippen LogP contribution in [0.5, 0.6) is 0 Å². The Hall–Kier alpha value is -2.12. The quantitative estimate of drug-likeness (QED) is 0.736. The Morgan fingerprint density at radius 2 is 1.83 bits per heavy atom. The molecule has 0 heterocycles. The van der Waals surface area contributed by atoms with Crippen molar-refractivity contribution in [3.63, 3.8) is 0 Å². The van der Waals surface area contributed by atoms with Crippen molar-refractivity contribution in [3.8, 4) is 0 Å². The Balaban J connectivity index is 0.00000529. The van der Waals surface area contributed by atoms with Gasteiger partial charge in [0.15, 0.2) is 0 Å². The lowest BCUT2D eigenvalue weighted by Crippen LogP contribution is -2.37. The molecule has 0 saturated carbocycles. The number of amides is 2. The van der Waals surface area contributed by atoms with Gasteiger partial charge in [0.2, 0.25) is 5.91 Å². The van der Waals surface area contributed by atoms with Crippen LogP contribution in [0.3, 0.4) is 0 Å². The van der Waals surface area contributed by atoms with Crippen LogP contribution >= 0.6 is 12.4 Å². The van der Waals surface area contributed by atoms with Gasteiger partial charge in [-0.3, -0.25) is 19.3 Å². The highest BCUT2D eigenvalue weighted by Crippen LogP contribution is 2.12. The minimum Gasteiger partial charge on any atom is -0.480 e. The molecular formula is C16H24ClN3O4. The number of aliphatic carboxylic acids is 1. The molecule has 1 aromatic rings. The maximum atomic E-state index is 12.1. The summed E-state index contributed by atoms with van der Waals surface area (Å²) < 4.78 is 0. The van der Waals surface area contributed by atoms with Crippen LogP contribution in [0.15, 0.2) is 24.3 Å². The summed E-state index contributed by atoms with van der Waals surface area (Å²) >= 11 is 0. The summed E-state index contributed by atoms with van der Waals surface area (Å²) in [6.07, 6.45) is 0.757. The van der Waals surface area contributed by atoms with E-state index in [0.717, 1.165) is 6.42 Å². The van der Waals surface area contributed by atoms with Crippen LogP contribution in [0.4, 0.5) is 5.69 Å². The Morgan fingerprint density at radius 1 is 1.17 bits per heavy atom. The zero-order valence-corrected chi connectivity index (χ0v) is 14.9. The molecule has 1 rings (SSSR count). The molecule has 2 N–H and O–H groups in total. The van der Waals surface area contributed by atoms with E-state index in [2.05, 4.69) is 5.32 Å². The van der Waals surface area contributed by atoms with Gasteiger partial charge in [0.05, 0.1) is 13.1 Å². The Kier molecular flexibility index (Phi) is 9.68. The van der Waals surface area contributed by atoms with Gasteiger partial charge in [-0.15, -0.1) is 12.4 Å². The van der Waals surface area contributed by atoms with Gasteiger partial charge in [0, 0.05) is 25.3 Å². The molecular weight excluding hydrogens is 334 g/mol. The number of benzene rings is 1. The highest BCUT2D eigenvalue weighted by Gasteiger charge is 2.14. The molecule has 8 heteroatoms. The molecule has 0 radical (unpaired) electrons. The van der Waals surface area contributed by atoms with E-state index >= 15 is 0 Å². The zero-order valence-electron chi connectivity index (χ0n) is 14.1. The van der Waals surface area contributed by atoms with Crippen molar-refractivity contribution in [3.05, 3.63) is 29.8 Å². The van der Waals surface area contributed by atoms with E-state index in [1.54, 1.807) is 43.3 Å². The first-order chi connectivity index (χ1) is 10.8. The third kappa shape index (κ3) is 7.43. The summed E-state index contributed by atoms with van der Waals surface area (Å²) in [5.74, 6) is -1.43. The highest BCUT2D eigenvalue weighted by molar-refractivity contribution is 5.97. The number of hydrogen-bond donors (Lipinski definition) is 2. The van der Waals surface area contributed by atoms with Crippen molar-refractivity contribution < 1.29 is 19.5 Å². The predicted molar refractivity (Wildman–Crippen MR) is 94.7 cm³/mol. The van der Waals surface area contributed by atoms with Gasteiger partial charge in [-0.25, -0.2) is 0 Å². The predicted octanol–water partition coefficient (Wildman–Crippen LogP) is 1.55. The summed E-state index contributed by atoms with van der Waals surface area (Å²) in [6.45, 7) is 2.26. The van der Waals surface area contributed by atoms with Gasteiger partial charge in [0.25, 0.3) is 5.91 Å². The van der Waals surface area contributed by atoms with Crippen LogP contribution in [0.1, 0.15) is 23.7 Å². The molecule has 24 heavy (non-hydrogen) atoms. The summed E-state index contributed by atoms with van der Waals surface area (Å²) in [5.41, 5.74) is 0.984. The molecule has 0 unspecified atom stereocenters. The van der Waals surface area contributed by atoms with Crippen LogP contribution in [0.2, 0.25) is 0 Å². The third-order valence-electron chi connectivity index (χ3n) is 3.07. The molecule has 7 nitrogen and oxygen atoms in total. The van der Waals surface area contributed by atoms with Crippen LogP contribution in [0.25, 0.3) is 0 Å². The summed E-state index contributed by atoms with van der Waals surface area (Å²) in [5, 5.41) is 11.5. The second kappa shape index (κ2) is 10.6. The molecule has 0 spiro atoms. The molecule has 0 aliphatic rings. The Morgan fingerprint density at radius 3 is 2.38 bits per heavy atom. The number of halogens is 1. The van der Waals surface area contributed by atoms with Crippen LogP contribution in [-0.2, 0) is 9.59 Å². The fourth-order valence-electron chi connectivity index (χ4n) is 2.11. The van der Waals surface area contributed by atoms with E-state index in [0.29, 0.717) is 17.8 Å². The average Bonchev–Trinajstić information content (AvgIpc) is 2.46. The van der Waals surface area contributed by atoms with Crippen molar-refractivity contribution in [1.82, 2.24) is 9.80 Å². The number of anilines is 1. The molecule has 134 valence electrons. The van der Waals surface area contributed by atoms with Crippen molar-refractivity contribution in [1.29, 1.82) is 0 Å². The van der Waals surface area contributed by atoms with E-state index in [9.17, 15) is 14.4 Å². The van der Waals surface area contributed by atoms with Gasteiger partial charge in [-0.05, 0) is 31.2 Å². The second-order valence-corrected chi connectivity index (χ2v) is 5.43. The Bertz CT molecular complexity index is 578. The van der Waals surface area contributed by atoms with Crippen LogP contribution < -0.4 is 5.32 Å². The fraction of sp³-hybridized carbons (Fsp3) is 0.438. The van der Waals surface area contributed by atoms with E-state index in [-0.39, 0.29) is 37.3 Å². The normalized spacial score (nSPS) is 10.0. The van der Waals surface area contributed by atoms with Gasteiger partial charge in [-0.2, -0.15) is 0 Å². The minimum absolute atomic E-state index is 0. The summed E-state index contributed by atoms with van der Waals surface area (Å²) in [6, 6.07) is 6.65. The molecule has 0 bridgehead atoms. The van der Waals surface area contributed by atoms with Gasteiger partial charge >= 0.3 is 5.97 Å². The van der Waals surface area contributed by atoms with Gasteiger partial charge in [-0.1, -0.05) is 13.0 Å². The molecule has 0 aliphatic carbocycles. The first kappa shape index (κ1) is 21.9. The average molecular weight is 358 g/mol. The molecule has 0 atom stereocenters. The number of nitrogens with one attached hydrogen (secondary N) is 1.